The zero-order valence-electron chi connectivity index (χ0n) is 12.2. The lowest BCUT2D eigenvalue weighted by Gasteiger charge is -2.11. The van der Waals surface area contributed by atoms with Crippen molar-refractivity contribution in [3.05, 3.63) is 59.9 Å². The maximum absolute atomic E-state index is 13.1. The van der Waals surface area contributed by atoms with E-state index in [9.17, 15) is 9.18 Å². The molecular weight excluding hydrogens is 267 g/mol. The van der Waals surface area contributed by atoms with E-state index >= 15 is 0 Å². The smallest absolute Gasteiger partial charge is 0.228 e. The number of amides is 1. The number of anilines is 2. The Balaban J connectivity index is 1.93. The first-order chi connectivity index (χ1) is 10.0. The van der Waals surface area contributed by atoms with Gasteiger partial charge in [0.1, 0.15) is 5.82 Å². The Morgan fingerprint density at radius 3 is 2.38 bits per heavy atom. The number of halogens is 1. The molecule has 2 rings (SSSR count). The molecule has 0 aliphatic carbocycles. The Bertz CT molecular complexity index is 608. The van der Waals surface area contributed by atoms with Crippen molar-refractivity contribution >= 4 is 17.3 Å². The molecule has 0 atom stereocenters. The summed E-state index contributed by atoms with van der Waals surface area (Å²) < 4.78 is 13.1. The summed E-state index contributed by atoms with van der Waals surface area (Å²) in [4.78, 5) is 11.9. The third-order valence-corrected chi connectivity index (χ3v) is 2.88. The molecule has 21 heavy (non-hydrogen) atoms. The van der Waals surface area contributed by atoms with Crippen LogP contribution in [0.15, 0.2) is 48.5 Å². The number of rotatable bonds is 5. The summed E-state index contributed by atoms with van der Waals surface area (Å²) in [5, 5.41) is 6.08. The monoisotopic (exact) mass is 286 g/mol. The summed E-state index contributed by atoms with van der Waals surface area (Å²) in [7, 11) is 0. The zero-order chi connectivity index (χ0) is 15.2. The van der Waals surface area contributed by atoms with Crippen LogP contribution in [0, 0.1) is 5.82 Å². The number of hydrogen-bond donors (Lipinski definition) is 2. The SMILES string of the molecule is CC(C)Nc1ccc(NC(=O)Cc2cccc(F)c2)cc1. The average molecular weight is 286 g/mol. The van der Waals surface area contributed by atoms with Crippen molar-refractivity contribution < 1.29 is 9.18 Å². The zero-order valence-corrected chi connectivity index (χ0v) is 12.2. The van der Waals surface area contributed by atoms with Crippen LogP contribution in [0.25, 0.3) is 0 Å². The van der Waals surface area contributed by atoms with Crippen LogP contribution in [0.5, 0.6) is 0 Å². The van der Waals surface area contributed by atoms with Gasteiger partial charge >= 0.3 is 0 Å². The van der Waals surface area contributed by atoms with Gasteiger partial charge in [0, 0.05) is 17.4 Å². The Morgan fingerprint density at radius 1 is 1.10 bits per heavy atom. The highest BCUT2D eigenvalue weighted by Gasteiger charge is 2.05. The minimum absolute atomic E-state index is 0.157. The van der Waals surface area contributed by atoms with Gasteiger partial charge in [-0.25, -0.2) is 4.39 Å². The summed E-state index contributed by atoms with van der Waals surface area (Å²) in [5.74, 6) is -0.491. The van der Waals surface area contributed by atoms with E-state index in [1.165, 1.54) is 12.1 Å². The van der Waals surface area contributed by atoms with Crippen LogP contribution < -0.4 is 10.6 Å². The number of carbonyl (C=O) groups is 1. The minimum atomic E-state index is -0.329. The quantitative estimate of drug-likeness (QED) is 0.877. The number of benzene rings is 2. The summed E-state index contributed by atoms with van der Waals surface area (Å²) in [6.45, 7) is 4.13. The van der Waals surface area contributed by atoms with Gasteiger partial charge in [0.25, 0.3) is 0 Å². The number of nitrogens with one attached hydrogen (secondary N) is 2. The molecule has 0 heterocycles. The Hall–Kier alpha value is -2.36. The van der Waals surface area contributed by atoms with Crippen LogP contribution in [0.1, 0.15) is 19.4 Å². The Morgan fingerprint density at radius 2 is 1.76 bits per heavy atom. The molecule has 2 aromatic carbocycles. The van der Waals surface area contributed by atoms with Gasteiger partial charge in [-0.05, 0) is 55.8 Å². The molecule has 1 amide bonds. The normalized spacial score (nSPS) is 10.5. The predicted octanol–water partition coefficient (Wildman–Crippen LogP) is 3.83. The van der Waals surface area contributed by atoms with Gasteiger partial charge in [-0.2, -0.15) is 0 Å². The maximum Gasteiger partial charge on any atom is 0.228 e. The van der Waals surface area contributed by atoms with E-state index in [0.717, 1.165) is 11.4 Å². The number of hydrogen-bond acceptors (Lipinski definition) is 2. The fraction of sp³-hybridized carbons (Fsp3) is 0.235. The fourth-order valence-corrected chi connectivity index (χ4v) is 2.02. The molecule has 2 aromatic rings. The second-order valence-corrected chi connectivity index (χ2v) is 5.23. The van der Waals surface area contributed by atoms with Gasteiger partial charge in [0.2, 0.25) is 5.91 Å². The molecule has 0 spiro atoms. The molecule has 3 nitrogen and oxygen atoms in total. The van der Waals surface area contributed by atoms with E-state index in [-0.39, 0.29) is 18.1 Å². The van der Waals surface area contributed by atoms with E-state index in [0.29, 0.717) is 11.6 Å². The third-order valence-electron chi connectivity index (χ3n) is 2.88. The molecule has 0 radical (unpaired) electrons. The summed E-state index contributed by atoms with van der Waals surface area (Å²) in [6.07, 6.45) is 0.157. The summed E-state index contributed by atoms with van der Waals surface area (Å²) in [6, 6.07) is 13.9. The predicted molar refractivity (Wildman–Crippen MR) is 83.9 cm³/mol. The molecule has 0 bridgehead atoms. The van der Waals surface area contributed by atoms with Gasteiger partial charge in [0.15, 0.2) is 0 Å². The lowest BCUT2D eigenvalue weighted by atomic mass is 10.1. The van der Waals surface area contributed by atoms with Crippen molar-refractivity contribution in [2.75, 3.05) is 10.6 Å². The first-order valence-corrected chi connectivity index (χ1v) is 6.94. The Kier molecular flexibility index (Phi) is 4.93. The van der Waals surface area contributed by atoms with Crippen molar-refractivity contribution in [2.24, 2.45) is 0 Å². The molecule has 4 heteroatoms. The van der Waals surface area contributed by atoms with Crippen LogP contribution in [0.4, 0.5) is 15.8 Å². The molecule has 110 valence electrons. The van der Waals surface area contributed by atoms with Gasteiger partial charge < -0.3 is 10.6 Å². The van der Waals surface area contributed by atoms with Gasteiger partial charge in [-0.3, -0.25) is 4.79 Å². The van der Waals surface area contributed by atoms with Crippen LogP contribution in [0.2, 0.25) is 0 Å². The molecule has 0 saturated heterocycles. The second-order valence-electron chi connectivity index (χ2n) is 5.23. The average Bonchev–Trinajstić information content (AvgIpc) is 2.40. The number of carbonyl (C=O) groups excluding carboxylic acids is 1. The highest BCUT2D eigenvalue weighted by molar-refractivity contribution is 5.92. The highest BCUT2D eigenvalue weighted by Crippen LogP contribution is 2.15. The molecule has 0 fully saturated rings. The van der Waals surface area contributed by atoms with Gasteiger partial charge in [-0.15, -0.1) is 0 Å². The van der Waals surface area contributed by atoms with Crippen molar-refractivity contribution in [1.29, 1.82) is 0 Å². The van der Waals surface area contributed by atoms with Gasteiger partial charge in [-0.1, -0.05) is 12.1 Å². The second kappa shape index (κ2) is 6.88. The standard InChI is InChI=1S/C17H19FN2O/c1-12(2)19-15-6-8-16(9-7-15)20-17(21)11-13-4-3-5-14(18)10-13/h3-10,12,19H,11H2,1-2H3,(H,20,21). The summed E-state index contributed by atoms with van der Waals surface area (Å²) >= 11 is 0. The minimum Gasteiger partial charge on any atom is -0.383 e. The van der Waals surface area contributed by atoms with E-state index in [2.05, 4.69) is 24.5 Å². The Labute approximate surface area is 124 Å². The van der Waals surface area contributed by atoms with E-state index in [4.69, 9.17) is 0 Å². The van der Waals surface area contributed by atoms with Gasteiger partial charge in [0.05, 0.1) is 6.42 Å². The highest BCUT2D eigenvalue weighted by atomic mass is 19.1. The lowest BCUT2D eigenvalue weighted by molar-refractivity contribution is -0.115. The van der Waals surface area contributed by atoms with E-state index in [1.807, 2.05) is 24.3 Å². The fourth-order valence-electron chi connectivity index (χ4n) is 2.02. The molecule has 0 aromatic heterocycles. The molecule has 0 saturated carbocycles. The van der Waals surface area contributed by atoms with E-state index < -0.39 is 0 Å². The van der Waals surface area contributed by atoms with Crippen molar-refractivity contribution in [3.8, 4) is 0 Å². The van der Waals surface area contributed by atoms with Crippen LogP contribution in [-0.4, -0.2) is 11.9 Å². The third kappa shape index (κ3) is 4.91. The largest absolute Gasteiger partial charge is 0.383 e. The van der Waals surface area contributed by atoms with Crippen molar-refractivity contribution in [3.63, 3.8) is 0 Å². The molecule has 2 N–H and O–H groups in total. The molecule has 0 aliphatic heterocycles. The van der Waals surface area contributed by atoms with Crippen molar-refractivity contribution in [2.45, 2.75) is 26.3 Å². The lowest BCUT2D eigenvalue weighted by Crippen LogP contribution is -2.14. The maximum atomic E-state index is 13.1. The van der Waals surface area contributed by atoms with E-state index in [1.54, 1.807) is 12.1 Å². The molecule has 0 unspecified atom stereocenters. The van der Waals surface area contributed by atoms with Crippen LogP contribution >= 0.6 is 0 Å². The molecular formula is C17H19FN2O. The van der Waals surface area contributed by atoms with Crippen LogP contribution in [0.3, 0.4) is 0 Å². The topological polar surface area (TPSA) is 41.1 Å². The first-order valence-electron chi connectivity index (χ1n) is 6.94. The van der Waals surface area contributed by atoms with Crippen LogP contribution in [-0.2, 0) is 11.2 Å². The van der Waals surface area contributed by atoms with Crippen molar-refractivity contribution in [1.82, 2.24) is 0 Å². The molecule has 0 aliphatic rings. The first kappa shape index (κ1) is 15.0. The summed E-state index contributed by atoms with van der Waals surface area (Å²) in [5.41, 5.74) is 2.39.